The quantitative estimate of drug-likeness (QED) is 0.846. The van der Waals surface area contributed by atoms with Gasteiger partial charge in [0.2, 0.25) is 11.8 Å². The van der Waals surface area contributed by atoms with E-state index < -0.39 is 11.9 Å². The molecule has 0 aliphatic rings. The minimum Gasteiger partial charge on any atom is -0.368 e. The van der Waals surface area contributed by atoms with Gasteiger partial charge in [-0.05, 0) is 23.6 Å². The Balaban J connectivity index is 2.73. The summed E-state index contributed by atoms with van der Waals surface area (Å²) in [4.78, 5) is 23.3. The van der Waals surface area contributed by atoms with Gasteiger partial charge in [0.15, 0.2) is 0 Å². The summed E-state index contributed by atoms with van der Waals surface area (Å²) in [5.41, 5.74) is 5.96. The van der Waals surface area contributed by atoms with E-state index in [1.165, 1.54) is 0 Å². The molecule has 0 aliphatic heterocycles. The van der Waals surface area contributed by atoms with Crippen LogP contribution >= 0.6 is 23.2 Å². The normalized spacial score (nSPS) is 13.6. The third kappa shape index (κ3) is 4.69. The van der Waals surface area contributed by atoms with Gasteiger partial charge in [-0.1, -0.05) is 49.5 Å². The van der Waals surface area contributed by atoms with Crippen LogP contribution in [0.4, 0.5) is 0 Å². The molecular weight excluding hydrogens is 299 g/mol. The highest BCUT2D eigenvalue weighted by Crippen LogP contribution is 2.21. The maximum atomic E-state index is 12.0. The summed E-state index contributed by atoms with van der Waals surface area (Å²) in [7, 11) is 0. The Morgan fingerprint density at radius 3 is 2.50 bits per heavy atom. The van der Waals surface area contributed by atoms with Gasteiger partial charge in [-0.25, -0.2) is 0 Å². The van der Waals surface area contributed by atoms with Crippen molar-refractivity contribution >= 4 is 35.0 Å². The first-order chi connectivity index (χ1) is 9.35. The predicted octanol–water partition coefficient (Wildman–Crippen LogP) is 2.55. The van der Waals surface area contributed by atoms with E-state index >= 15 is 0 Å². The highest BCUT2D eigenvalue weighted by Gasteiger charge is 2.23. The van der Waals surface area contributed by atoms with Crippen molar-refractivity contribution in [1.82, 2.24) is 5.32 Å². The average molecular weight is 317 g/mol. The van der Waals surface area contributed by atoms with Crippen LogP contribution in [0.3, 0.4) is 0 Å². The minimum atomic E-state index is -0.668. The van der Waals surface area contributed by atoms with Gasteiger partial charge in [-0.3, -0.25) is 9.59 Å². The Labute approximate surface area is 128 Å². The summed E-state index contributed by atoms with van der Waals surface area (Å²) in [6.07, 6.45) is 0.825. The number of carbonyl (C=O) groups excluding carboxylic acids is 2. The van der Waals surface area contributed by atoms with Gasteiger partial charge in [0.05, 0.1) is 6.42 Å². The van der Waals surface area contributed by atoms with Crippen LogP contribution in [0.5, 0.6) is 0 Å². The lowest BCUT2D eigenvalue weighted by atomic mass is 9.98. The lowest BCUT2D eigenvalue weighted by molar-refractivity contribution is -0.128. The number of amides is 2. The van der Waals surface area contributed by atoms with Crippen LogP contribution in [-0.2, 0) is 16.0 Å². The molecule has 3 N–H and O–H groups in total. The maximum Gasteiger partial charge on any atom is 0.240 e. The molecule has 0 radical (unpaired) electrons. The predicted molar refractivity (Wildman–Crippen MR) is 80.7 cm³/mol. The first kappa shape index (κ1) is 16.8. The molecule has 2 unspecified atom stereocenters. The Bertz CT molecular complexity index is 506. The summed E-state index contributed by atoms with van der Waals surface area (Å²) in [5.74, 6) is -0.842. The molecular formula is C14H18Cl2N2O2. The maximum absolute atomic E-state index is 12.0. The second kappa shape index (κ2) is 7.50. The lowest BCUT2D eigenvalue weighted by Crippen LogP contribution is -2.48. The molecule has 0 bridgehead atoms. The van der Waals surface area contributed by atoms with Crippen molar-refractivity contribution in [2.75, 3.05) is 0 Å². The monoisotopic (exact) mass is 316 g/mol. The van der Waals surface area contributed by atoms with Gasteiger partial charge in [0.25, 0.3) is 0 Å². The van der Waals surface area contributed by atoms with Crippen molar-refractivity contribution in [3.8, 4) is 0 Å². The fourth-order valence-electron chi connectivity index (χ4n) is 1.79. The Hall–Kier alpha value is -1.26. The van der Waals surface area contributed by atoms with E-state index in [4.69, 9.17) is 28.9 Å². The van der Waals surface area contributed by atoms with Crippen LogP contribution in [0, 0.1) is 5.92 Å². The van der Waals surface area contributed by atoms with E-state index in [0.29, 0.717) is 15.6 Å². The van der Waals surface area contributed by atoms with E-state index in [1.54, 1.807) is 18.2 Å². The number of hydrogen-bond acceptors (Lipinski definition) is 2. The standard InChI is InChI=1S/C14H18Cl2N2O2/c1-3-8(2)13(14(17)20)18-12(19)6-9-4-5-10(15)7-11(9)16/h4-5,7-8,13H,3,6H2,1-2H3,(H2,17,20)(H,18,19). The number of nitrogens with one attached hydrogen (secondary N) is 1. The highest BCUT2D eigenvalue weighted by atomic mass is 35.5. The smallest absolute Gasteiger partial charge is 0.240 e. The molecule has 0 saturated heterocycles. The van der Waals surface area contributed by atoms with Gasteiger partial charge in [0.1, 0.15) is 6.04 Å². The molecule has 1 rings (SSSR count). The number of benzene rings is 1. The van der Waals surface area contributed by atoms with Crippen LogP contribution in [0.2, 0.25) is 10.0 Å². The van der Waals surface area contributed by atoms with Crippen LogP contribution in [-0.4, -0.2) is 17.9 Å². The van der Waals surface area contributed by atoms with E-state index in [2.05, 4.69) is 5.32 Å². The molecule has 0 spiro atoms. The number of hydrogen-bond donors (Lipinski definition) is 2. The zero-order valence-corrected chi connectivity index (χ0v) is 13.0. The first-order valence-corrected chi connectivity index (χ1v) is 7.13. The average Bonchev–Trinajstić information content (AvgIpc) is 2.38. The second-order valence-corrected chi connectivity index (χ2v) is 5.59. The highest BCUT2D eigenvalue weighted by molar-refractivity contribution is 6.35. The molecule has 0 heterocycles. The summed E-state index contributed by atoms with van der Waals surface area (Å²) in [6, 6.07) is 4.26. The van der Waals surface area contributed by atoms with Crippen LogP contribution in [0.15, 0.2) is 18.2 Å². The van der Waals surface area contributed by atoms with Gasteiger partial charge < -0.3 is 11.1 Å². The fourth-order valence-corrected chi connectivity index (χ4v) is 2.27. The fraction of sp³-hybridized carbons (Fsp3) is 0.429. The van der Waals surface area contributed by atoms with Gasteiger partial charge in [-0.15, -0.1) is 0 Å². The zero-order valence-electron chi connectivity index (χ0n) is 11.5. The van der Waals surface area contributed by atoms with Gasteiger partial charge >= 0.3 is 0 Å². The summed E-state index contributed by atoms with van der Waals surface area (Å²) in [6.45, 7) is 3.80. The molecule has 20 heavy (non-hydrogen) atoms. The number of carbonyl (C=O) groups is 2. The van der Waals surface area contributed by atoms with Crippen molar-refractivity contribution in [3.63, 3.8) is 0 Å². The number of nitrogens with two attached hydrogens (primary N) is 1. The number of primary amides is 1. The van der Waals surface area contributed by atoms with Crippen molar-refractivity contribution in [3.05, 3.63) is 33.8 Å². The second-order valence-electron chi connectivity index (χ2n) is 4.75. The molecule has 0 aromatic heterocycles. The molecule has 4 nitrogen and oxygen atoms in total. The largest absolute Gasteiger partial charge is 0.368 e. The molecule has 110 valence electrons. The molecule has 0 fully saturated rings. The van der Waals surface area contributed by atoms with Crippen molar-refractivity contribution in [2.45, 2.75) is 32.7 Å². The van der Waals surface area contributed by atoms with Crippen LogP contribution < -0.4 is 11.1 Å². The molecule has 6 heteroatoms. The zero-order chi connectivity index (χ0) is 15.3. The third-order valence-corrected chi connectivity index (χ3v) is 3.79. The van der Waals surface area contributed by atoms with E-state index in [0.717, 1.165) is 6.42 Å². The number of halogens is 2. The summed E-state index contributed by atoms with van der Waals surface area (Å²) in [5, 5.41) is 3.58. The Morgan fingerprint density at radius 2 is 2.00 bits per heavy atom. The molecule has 0 aliphatic carbocycles. The number of rotatable bonds is 6. The van der Waals surface area contributed by atoms with Crippen molar-refractivity contribution in [2.24, 2.45) is 11.7 Å². The van der Waals surface area contributed by atoms with Crippen molar-refractivity contribution < 1.29 is 9.59 Å². The first-order valence-electron chi connectivity index (χ1n) is 6.37. The SMILES string of the molecule is CCC(C)C(NC(=O)Cc1ccc(Cl)cc1Cl)C(N)=O. The topological polar surface area (TPSA) is 72.2 Å². The Morgan fingerprint density at radius 1 is 1.35 bits per heavy atom. The summed E-state index contributed by atoms with van der Waals surface area (Å²) >= 11 is 11.8. The molecule has 2 atom stereocenters. The van der Waals surface area contributed by atoms with E-state index in [-0.39, 0.29) is 18.2 Å². The van der Waals surface area contributed by atoms with Crippen LogP contribution in [0.25, 0.3) is 0 Å². The molecule has 0 saturated carbocycles. The van der Waals surface area contributed by atoms with Crippen molar-refractivity contribution in [1.29, 1.82) is 0 Å². The molecule has 1 aromatic rings. The molecule has 2 amide bonds. The third-order valence-electron chi connectivity index (χ3n) is 3.20. The van der Waals surface area contributed by atoms with E-state index in [9.17, 15) is 9.59 Å². The lowest BCUT2D eigenvalue weighted by Gasteiger charge is -2.21. The van der Waals surface area contributed by atoms with E-state index in [1.807, 2.05) is 13.8 Å². The van der Waals surface area contributed by atoms with Gasteiger partial charge in [-0.2, -0.15) is 0 Å². The van der Waals surface area contributed by atoms with Gasteiger partial charge in [0, 0.05) is 10.0 Å². The minimum absolute atomic E-state index is 0.0165. The molecule has 1 aromatic carbocycles. The Kier molecular flexibility index (Phi) is 6.30. The summed E-state index contributed by atoms with van der Waals surface area (Å²) < 4.78 is 0. The van der Waals surface area contributed by atoms with Crippen LogP contribution in [0.1, 0.15) is 25.8 Å².